The first-order valence-corrected chi connectivity index (χ1v) is 9.33. The molecular formula is C17H26ClNS. The number of hydrogen-bond acceptors (Lipinski definition) is 2. The minimum atomic E-state index is 0.443. The molecule has 112 valence electrons. The van der Waals surface area contributed by atoms with Crippen LogP contribution in [0.15, 0.2) is 24.3 Å². The third kappa shape index (κ3) is 4.16. The second kappa shape index (κ2) is 7.72. The summed E-state index contributed by atoms with van der Waals surface area (Å²) < 4.78 is 0.456. The lowest BCUT2D eigenvalue weighted by molar-refractivity contribution is 0.360. The summed E-state index contributed by atoms with van der Waals surface area (Å²) in [5.41, 5.74) is 1.35. The Hall–Kier alpha value is -0.180. The summed E-state index contributed by atoms with van der Waals surface area (Å²) in [7, 11) is 0. The largest absolute Gasteiger partial charge is 0.309 e. The average molecular weight is 312 g/mol. The van der Waals surface area contributed by atoms with Crippen molar-refractivity contribution in [3.8, 4) is 0 Å². The molecule has 0 bridgehead atoms. The van der Waals surface area contributed by atoms with Gasteiger partial charge in [0.2, 0.25) is 0 Å². The van der Waals surface area contributed by atoms with Crippen LogP contribution in [-0.4, -0.2) is 17.5 Å². The summed E-state index contributed by atoms with van der Waals surface area (Å²) in [4.78, 5) is 0. The van der Waals surface area contributed by atoms with Gasteiger partial charge in [0.1, 0.15) is 0 Å². The summed E-state index contributed by atoms with van der Waals surface area (Å²) in [6.07, 6.45) is 10.3. The lowest BCUT2D eigenvalue weighted by Crippen LogP contribution is -2.40. The molecule has 20 heavy (non-hydrogen) atoms. The minimum absolute atomic E-state index is 0.443. The fourth-order valence-corrected chi connectivity index (χ4v) is 4.20. The van der Waals surface area contributed by atoms with Gasteiger partial charge < -0.3 is 5.32 Å². The highest BCUT2D eigenvalue weighted by Gasteiger charge is 2.31. The number of rotatable bonds is 6. The predicted octanol–water partition coefficient (Wildman–Crippen LogP) is 5.45. The van der Waals surface area contributed by atoms with Crippen molar-refractivity contribution < 1.29 is 0 Å². The van der Waals surface area contributed by atoms with Crippen LogP contribution >= 0.6 is 23.4 Å². The number of thioether (sulfide) groups is 1. The molecule has 1 aliphatic carbocycles. The van der Waals surface area contributed by atoms with E-state index in [2.05, 4.69) is 42.4 Å². The molecule has 1 unspecified atom stereocenters. The van der Waals surface area contributed by atoms with Crippen LogP contribution in [0.25, 0.3) is 0 Å². The number of nitrogens with one attached hydrogen (secondary N) is 1. The van der Waals surface area contributed by atoms with E-state index in [9.17, 15) is 0 Å². The Morgan fingerprint density at radius 1 is 1.20 bits per heavy atom. The first-order valence-electron chi connectivity index (χ1n) is 7.73. The second-order valence-corrected chi connectivity index (χ2v) is 7.55. The summed E-state index contributed by atoms with van der Waals surface area (Å²) >= 11 is 8.04. The van der Waals surface area contributed by atoms with Crippen molar-refractivity contribution in [2.45, 2.75) is 56.2 Å². The smallest absolute Gasteiger partial charge is 0.0406 e. The highest BCUT2D eigenvalue weighted by molar-refractivity contribution is 8.00. The highest BCUT2D eigenvalue weighted by Crippen LogP contribution is 2.38. The first-order chi connectivity index (χ1) is 9.69. The molecule has 1 saturated carbocycles. The summed E-state index contributed by atoms with van der Waals surface area (Å²) in [6.45, 7) is 3.37. The van der Waals surface area contributed by atoms with E-state index in [1.54, 1.807) is 0 Å². The number of benzene rings is 1. The van der Waals surface area contributed by atoms with Crippen LogP contribution in [0.2, 0.25) is 5.02 Å². The molecule has 0 saturated heterocycles. The maximum atomic E-state index is 5.98. The molecule has 0 amide bonds. The molecule has 0 aliphatic heterocycles. The Balaban J connectivity index is 1.97. The topological polar surface area (TPSA) is 12.0 Å². The van der Waals surface area contributed by atoms with Gasteiger partial charge in [-0.2, -0.15) is 11.8 Å². The van der Waals surface area contributed by atoms with Crippen LogP contribution in [0, 0.1) is 0 Å². The Morgan fingerprint density at radius 2 is 1.85 bits per heavy atom. The summed E-state index contributed by atoms with van der Waals surface area (Å²) in [6, 6.07) is 8.73. The molecule has 1 nitrogen and oxygen atoms in total. The molecule has 1 atom stereocenters. The monoisotopic (exact) mass is 311 g/mol. The van der Waals surface area contributed by atoms with Crippen molar-refractivity contribution in [2.24, 2.45) is 0 Å². The van der Waals surface area contributed by atoms with E-state index in [1.165, 1.54) is 37.7 Å². The fraction of sp³-hybridized carbons (Fsp3) is 0.647. The number of halogens is 1. The van der Waals surface area contributed by atoms with Gasteiger partial charge in [-0.05, 0) is 43.2 Å². The van der Waals surface area contributed by atoms with Crippen molar-refractivity contribution in [1.82, 2.24) is 5.32 Å². The fourth-order valence-electron chi connectivity index (χ4n) is 3.15. The first kappa shape index (κ1) is 16.2. The van der Waals surface area contributed by atoms with E-state index >= 15 is 0 Å². The van der Waals surface area contributed by atoms with Crippen molar-refractivity contribution in [3.63, 3.8) is 0 Å². The Bertz CT molecular complexity index is 398. The zero-order valence-corrected chi connectivity index (χ0v) is 14.2. The molecule has 0 aromatic heterocycles. The van der Waals surface area contributed by atoms with Gasteiger partial charge in [0, 0.05) is 22.4 Å². The normalized spacial score (nSPS) is 19.8. The van der Waals surface area contributed by atoms with Crippen molar-refractivity contribution >= 4 is 23.4 Å². The van der Waals surface area contributed by atoms with Gasteiger partial charge in [-0.1, -0.05) is 49.9 Å². The maximum absolute atomic E-state index is 5.98. The molecule has 3 heteroatoms. The Morgan fingerprint density at radius 3 is 2.40 bits per heavy atom. The molecule has 0 spiro atoms. The van der Waals surface area contributed by atoms with E-state index in [4.69, 9.17) is 11.6 Å². The lowest BCUT2D eigenvalue weighted by Gasteiger charge is -2.37. The van der Waals surface area contributed by atoms with Gasteiger partial charge in [0.15, 0.2) is 0 Å². The molecule has 1 aromatic carbocycles. The highest BCUT2D eigenvalue weighted by atomic mass is 35.5. The van der Waals surface area contributed by atoms with Crippen molar-refractivity contribution in [3.05, 3.63) is 34.9 Å². The Kier molecular flexibility index (Phi) is 6.25. The van der Waals surface area contributed by atoms with E-state index in [0.717, 1.165) is 18.0 Å². The third-order valence-corrected chi connectivity index (χ3v) is 6.22. The van der Waals surface area contributed by atoms with Gasteiger partial charge in [-0.3, -0.25) is 0 Å². The van der Waals surface area contributed by atoms with Gasteiger partial charge >= 0.3 is 0 Å². The van der Waals surface area contributed by atoms with E-state index in [0.29, 0.717) is 10.8 Å². The van der Waals surface area contributed by atoms with Crippen LogP contribution in [-0.2, 0) is 0 Å². The molecular weight excluding hydrogens is 286 g/mol. The predicted molar refractivity (Wildman–Crippen MR) is 91.8 cm³/mol. The minimum Gasteiger partial charge on any atom is -0.309 e. The summed E-state index contributed by atoms with van der Waals surface area (Å²) in [5.74, 6) is 0. The average Bonchev–Trinajstić information content (AvgIpc) is 2.50. The molecule has 1 aliphatic rings. The second-order valence-electron chi connectivity index (χ2n) is 5.84. The quantitative estimate of drug-likeness (QED) is 0.750. The molecule has 0 heterocycles. The molecule has 1 N–H and O–H groups in total. The van der Waals surface area contributed by atoms with Gasteiger partial charge in [-0.25, -0.2) is 0 Å². The van der Waals surface area contributed by atoms with Crippen LogP contribution < -0.4 is 5.32 Å². The summed E-state index contributed by atoms with van der Waals surface area (Å²) in [5, 5.41) is 4.62. The van der Waals surface area contributed by atoms with Crippen molar-refractivity contribution in [1.29, 1.82) is 0 Å². The third-order valence-electron chi connectivity index (χ3n) is 4.55. The van der Waals surface area contributed by atoms with E-state index in [1.807, 2.05) is 12.1 Å². The SMILES string of the molecule is CCC(NCC1(SC)CCCCC1)c1ccc(Cl)cc1. The van der Waals surface area contributed by atoms with Crippen molar-refractivity contribution in [2.75, 3.05) is 12.8 Å². The van der Waals surface area contributed by atoms with Gasteiger partial charge in [0.05, 0.1) is 0 Å². The van der Waals surface area contributed by atoms with Crippen LogP contribution in [0.3, 0.4) is 0 Å². The number of hydrogen-bond donors (Lipinski definition) is 1. The molecule has 2 rings (SSSR count). The molecule has 1 aromatic rings. The molecule has 0 radical (unpaired) electrons. The van der Waals surface area contributed by atoms with E-state index in [-0.39, 0.29) is 0 Å². The van der Waals surface area contributed by atoms with Crippen LogP contribution in [0.5, 0.6) is 0 Å². The Labute approximate surface area is 132 Å². The maximum Gasteiger partial charge on any atom is 0.0406 e. The molecule has 1 fully saturated rings. The van der Waals surface area contributed by atoms with Crippen LogP contribution in [0.4, 0.5) is 0 Å². The van der Waals surface area contributed by atoms with Crippen LogP contribution in [0.1, 0.15) is 57.1 Å². The standard InChI is InChI=1S/C17H26ClNS/c1-3-16(14-7-9-15(18)10-8-14)19-13-17(20-2)11-5-4-6-12-17/h7-10,16,19H,3-6,11-13H2,1-2H3. The zero-order chi connectivity index (χ0) is 14.4. The van der Waals surface area contributed by atoms with Gasteiger partial charge in [0.25, 0.3) is 0 Å². The zero-order valence-electron chi connectivity index (χ0n) is 12.6. The lowest BCUT2D eigenvalue weighted by atomic mass is 9.87. The van der Waals surface area contributed by atoms with E-state index < -0.39 is 0 Å². The van der Waals surface area contributed by atoms with Gasteiger partial charge in [-0.15, -0.1) is 0 Å².